The number of fused-ring (bicyclic) bond motifs is 1. The van der Waals surface area contributed by atoms with E-state index in [0.717, 1.165) is 54.0 Å². The molecule has 7 nitrogen and oxygen atoms in total. The molecule has 0 radical (unpaired) electrons. The number of aromatic nitrogens is 2. The van der Waals surface area contributed by atoms with Crippen LogP contribution in [0.3, 0.4) is 0 Å². The Morgan fingerprint density at radius 1 is 1.12 bits per heavy atom. The summed E-state index contributed by atoms with van der Waals surface area (Å²) in [6.07, 6.45) is 9.19. The number of hydrogen-bond acceptors (Lipinski definition) is 7. The van der Waals surface area contributed by atoms with Crippen molar-refractivity contribution in [3.05, 3.63) is 33.4 Å². The zero-order valence-corrected chi connectivity index (χ0v) is 21.5. The Balaban J connectivity index is 1.28. The fourth-order valence-corrected chi connectivity index (χ4v) is 5.52. The van der Waals surface area contributed by atoms with Gasteiger partial charge in [-0.25, -0.2) is 4.98 Å². The lowest BCUT2D eigenvalue weighted by atomic mass is 9.86. The Kier molecular flexibility index (Phi) is 7.96. The highest BCUT2D eigenvalue weighted by Crippen LogP contribution is 2.34. The highest BCUT2D eigenvalue weighted by Gasteiger charge is 2.24. The summed E-state index contributed by atoms with van der Waals surface area (Å²) in [5.74, 6) is 3.21. The van der Waals surface area contributed by atoms with Crippen LogP contribution in [0.4, 0.5) is 11.8 Å². The van der Waals surface area contributed by atoms with Crippen molar-refractivity contribution in [3.63, 3.8) is 0 Å². The standard InChI is InChI=1S/C25H36BrN5O2/c1-31(2)24-20-6-4-5-7-21(20)29-25(30-24)28-19-10-8-16(9-11-19)14-27-15-17-12-18(26)13-22(33-3)23(17)32/h12-13,16,19,27,32H,4-11,14-15H2,1-3H3,(H,28,29,30). The van der Waals surface area contributed by atoms with E-state index in [1.54, 1.807) is 13.2 Å². The van der Waals surface area contributed by atoms with E-state index in [4.69, 9.17) is 14.7 Å². The molecule has 0 spiro atoms. The first kappa shape index (κ1) is 24.1. The summed E-state index contributed by atoms with van der Waals surface area (Å²) < 4.78 is 6.15. The number of ether oxygens (including phenoxy) is 1. The SMILES string of the molecule is COc1cc(Br)cc(CNCC2CCC(Nc3nc4c(c(N(C)C)n3)CCCC4)CC2)c1O. The Hall–Kier alpha value is -2.06. The van der Waals surface area contributed by atoms with Crippen molar-refractivity contribution < 1.29 is 9.84 Å². The second-order valence-electron chi connectivity index (χ2n) is 9.51. The normalized spacial score (nSPS) is 20.2. The zero-order valence-electron chi connectivity index (χ0n) is 20.0. The second-order valence-corrected chi connectivity index (χ2v) is 10.4. The topological polar surface area (TPSA) is 82.5 Å². The third-order valence-electron chi connectivity index (χ3n) is 6.85. The van der Waals surface area contributed by atoms with Crippen molar-refractivity contribution in [1.29, 1.82) is 0 Å². The number of hydrogen-bond donors (Lipinski definition) is 3. The lowest BCUT2D eigenvalue weighted by molar-refractivity contribution is 0.322. The van der Waals surface area contributed by atoms with E-state index in [2.05, 4.69) is 45.6 Å². The van der Waals surface area contributed by atoms with Crippen LogP contribution in [0.15, 0.2) is 16.6 Å². The fourth-order valence-electron chi connectivity index (χ4n) is 5.03. The van der Waals surface area contributed by atoms with E-state index in [0.29, 0.717) is 24.3 Å². The molecule has 0 atom stereocenters. The molecule has 8 heteroatoms. The number of benzene rings is 1. The number of nitrogens with one attached hydrogen (secondary N) is 2. The van der Waals surface area contributed by atoms with Crippen LogP contribution in [-0.2, 0) is 19.4 Å². The number of aromatic hydroxyl groups is 1. The molecular formula is C25H36BrN5O2. The van der Waals surface area contributed by atoms with Crippen molar-refractivity contribution in [3.8, 4) is 11.5 Å². The molecule has 1 heterocycles. The molecular weight excluding hydrogens is 482 g/mol. The van der Waals surface area contributed by atoms with Crippen LogP contribution in [0.2, 0.25) is 0 Å². The van der Waals surface area contributed by atoms with Crippen molar-refractivity contribution in [2.24, 2.45) is 5.92 Å². The van der Waals surface area contributed by atoms with Crippen molar-refractivity contribution in [2.75, 3.05) is 38.0 Å². The van der Waals surface area contributed by atoms with Gasteiger partial charge in [0.1, 0.15) is 5.82 Å². The summed E-state index contributed by atoms with van der Waals surface area (Å²) in [4.78, 5) is 11.9. The number of anilines is 2. The maximum atomic E-state index is 10.3. The molecule has 0 bridgehead atoms. The first-order valence-corrected chi connectivity index (χ1v) is 12.8. The van der Waals surface area contributed by atoms with E-state index in [9.17, 15) is 5.11 Å². The van der Waals surface area contributed by atoms with Gasteiger partial charge in [-0.1, -0.05) is 15.9 Å². The van der Waals surface area contributed by atoms with Gasteiger partial charge in [-0.2, -0.15) is 4.98 Å². The van der Waals surface area contributed by atoms with E-state index >= 15 is 0 Å². The first-order chi connectivity index (χ1) is 15.9. The molecule has 2 aromatic rings. The number of halogens is 1. The summed E-state index contributed by atoms with van der Waals surface area (Å²) in [5, 5.41) is 17.5. The minimum absolute atomic E-state index is 0.211. The summed E-state index contributed by atoms with van der Waals surface area (Å²) in [6.45, 7) is 1.57. The van der Waals surface area contributed by atoms with Crippen molar-refractivity contribution in [2.45, 2.75) is 64.0 Å². The highest BCUT2D eigenvalue weighted by atomic mass is 79.9. The van der Waals surface area contributed by atoms with Gasteiger partial charge in [-0.3, -0.25) is 0 Å². The van der Waals surface area contributed by atoms with Gasteiger partial charge in [0.25, 0.3) is 0 Å². The number of methoxy groups -OCH3 is 1. The monoisotopic (exact) mass is 517 g/mol. The summed E-state index contributed by atoms with van der Waals surface area (Å²) >= 11 is 3.48. The van der Waals surface area contributed by atoms with Crippen LogP contribution in [0.25, 0.3) is 0 Å². The summed E-state index contributed by atoms with van der Waals surface area (Å²) in [5.41, 5.74) is 3.41. The Morgan fingerprint density at radius 3 is 2.61 bits per heavy atom. The minimum Gasteiger partial charge on any atom is -0.504 e. The molecule has 0 amide bonds. The third kappa shape index (κ3) is 5.90. The summed E-state index contributed by atoms with van der Waals surface area (Å²) in [6, 6.07) is 4.14. The fraction of sp³-hybridized carbons (Fsp3) is 0.600. The molecule has 3 N–H and O–H groups in total. The molecule has 1 aromatic carbocycles. The molecule has 0 unspecified atom stereocenters. The Labute approximate surface area is 205 Å². The molecule has 1 saturated carbocycles. The van der Waals surface area contributed by atoms with Gasteiger partial charge in [0.05, 0.1) is 12.8 Å². The minimum atomic E-state index is 0.211. The van der Waals surface area contributed by atoms with E-state index in [-0.39, 0.29) is 5.75 Å². The van der Waals surface area contributed by atoms with Crippen LogP contribution < -0.4 is 20.3 Å². The molecule has 0 saturated heterocycles. The van der Waals surface area contributed by atoms with Gasteiger partial charge >= 0.3 is 0 Å². The zero-order chi connectivity index (χ0) is 23.4. The number of nitrogens with zero attached hydrogens (tertiary/aromatic N) is 3. The van der Waals surface area contributed by atoms with Gasteiger partial charge in [0.2, 0.25) is 5.95 Å². The lowest BCUT2D eigenvalue weighted by Gasteiger charge is -2.30. The maximum Gasteiger partial charge on any atom is 0.225 e. The average molecular weight is 519 g/mol. The molecule has 4 rings (SSSR count). The van der Waals surface area contributed by atoms with Gasteiger partial charge in [-0.05, 0) is 76.0 Å². The van der Waals surface area contributed by atoms with E-state index in [1.807, 2.05) is 6.07 Å². The Bertz CT molecular complexity index is 960. The quantitative estimate of drug-likeness (QED) is 0.469. The van der Waals surface area contributed by atoms with E-state index < -0.39 is 0 Å². The van der Waals surface area contributed by atoms with Gasteiger partial charge < -0.3 is 25.4 Å². The molecule has 1 fully saturated rings. The number of aryl methyl sites for hydroxylation is 1. The first-order valence-electron chi connectivity index (χ1n) is 12.0. The second kappa shape index (κ2) is 10.9. The Morgan fingerprint density at radius 2 is 1.88 bits per heavy atom. The lowest BCUT2D eigenvalue weighted by Crippen LogP contribution is -2.32. The van der Waals surface area contributed by atoms with Crippen LogP contribution >= 0.6 is 15.9 Å². The number of rotatable bonds is 8. The van der Waals surface area contributed by atoms with Crippen LogP contribution in [-0.4, -0.2) is 48.9 Å². The van der Waals surface area contributed by atoms with Crippen molar-refractivity contribution >= 4 is 27.7 Å². The predicted octanol–water partition coefficient (Wildman–Crippen LogP) is 4.66. The third-order valence-corrected chi connectivity index (χ3v) is 7.31. The number of phenolic OH excluding ortho intramolecular Hbond substituents is 1. The van der Waals surface area contributed by atoms with Gasteiger partial charge in [-0.15, -0.1) is 0 Å². The molecule has 1 aromatic heterocycles. The van der Waals surface area contributed by atoms with Crippen molar-refractivity contribution in [1.82, 2.24) is 15.3 Å². The molecule has 33 heavy (non-hydrogen) atoms. The number of phenols is 1. The largest absolute Gasteiger partial charge is 0.504 e. The molecule has 2 aliphatic rings. The summed E-state index contributed by atoms with van der Waals surface area (Å²) in [7, 11) is 5.72. The van der Waals surface area contributed by atoms with Gasteiger partial charge in [0.15, 0.2) is 11.5 Å². The highest BCUT2D eigenvalue weighted by molar-refractivity contribution is 9.10. The molecule has 0 aliphatic heterocycles. The van der Waals surface area contributed by atoms with Crippen LogP contribution in [0.5, 0.6) is 11.5 Å². The smallest absolute Gasteiger partial charge is 0.225 e. The maximum absolute atomic E-state index is 10.3. The van der Waals surface area contributed by atoms with Crippen LogP contribution in [0, 0.1) is 5.92 Å². The van der Waals surface area contributed by atoms with Gasteiger partial charge in [0, 0.05) is 42.3 Å². The molecule has 180 valence electrons. The molecule has 2 aliphatic carbocycles. The predicted molar refractivity (Wildman–Crippen MR) is 136 cm³/mol. The van der Waals surface area contributed by atoms with E-state index in [1.165, 1.54) is 36.9 Å². The van der Waals surface area contributed by atoms with Crippen LogP contribution in [0.1, 0.15) is 55.3 Å². The average Bonchev–Trinajstić information content (AvgIpc) is 2.81.